The number of carbonyl (C=O) groups is 3. The monoisotopic (exact) mass is 432 g/mol. The number of rotatable bonds is 6. The number of carbonyl (C=O) groups excluding carboxylic acids is 3. The van der Waals surface area contributed by atoms with Crippen LogP contribution in [0, 0.1) is 6.92 Å². The summed E-state index contributed by atoms with van der Waals surface area (Å²) in [4.78, 5) is 35.5. The molecular formula is C21H21ClN2O6. The van der Waals surface area contributed by atoms with E-state index in [4.69, 9.17) is 16.3 Å². The molecule has 0 aliphatic heterocycles. The first-order valence-electron chi connectivity index (χ1n) is 9.38. The van der Waals surface area contributed by atoms with E-state index in [-0.39, 0.29) is 34.9 Å². The number of halogens is 1. The first-order chi connectivity index (χ1) is 14.3. The van der Waals surface area contributed by atoms with Crippen molar-refractivity contribution in [3.05, 3.63) is 46.5 Å². The lowest BCUT2D eigenvalue weighted by Gasteiger charge is -2.14. The predicted molar refractivity (Wildman–Crippen MR) is 110 cm³/mol. The van der Waals surface area contributed by atoms with E-state index in [0.717, 1.165) is 12.8 Å². The SMILES string of the molecule is CCOC(=O)C(=O)Nc1cc(C)c(Oc2ccc(O)c(C(=O)NC3CC3)c2)c(Cl)c1. The van der Waals surface area contributed by atoms with Gasteiger partial charge in [0, 0.05) is 11.7 Å². The van der Waals surface area contributed by atoms with Crippen molar-refractivity contribution >= 4 is 35.1 Å². The minimum absolute atomic E-state index is 0.0894. The van der Waals surface area contributed by atoms with Gasteiger partial charge >= 0.3 is 11.9 Å². The number of anilines is 1. The Kier molecular flexibility index (Phi) is 6.47. The van der Waals surface area contributed by atoms with Gasteiger partial charge in [-0.1, -0.05) is 11.6 Å². The zero-order valence-electron chi connectivity index (χ0n) is 16.5. The molecule has 0 heterocycles. The molecule has 0 spiro atoms. The van der Waals surface area contributed by atoms with E-state index in [0.29, 0.717) is 22.7 Å². The number of aryl methyl sites for hydroxylation is 1. The van der Waals surface area contributed by atoms with Crippen molar-refractivity contribution < 1.29 is 29.0 Å². The van der Waals surface area contributed by atoms with Crippen molar-refractivity contribution in [2.24, 2.45) is 0 Å². The van der Waals surface area contributed by atoms with Gasteiger partial charge in [-0.2, -0.15) is 0 Å². The Morgan fingerprint density at radius 1 is 1.20 bits per heavy atom. The Balaban J connectivity index is 1.77. The molecule has 2 aromatic rings. The van der Waals surface area contributed by atoms with Crippen molar-refractivity contribution in [2.75, 3.05) is 11.9 Å². The van der Waals surface area contributed by atoms with E-state index in [2.05, 4.69) is 15.4 Å². The van der Waals surface area contributed by atoms with Crippen LogP contribution in [0.1, 0.15) is 35.7 Å². The van der Waals surface area contributed by atoms with Crippen LogP contribution in [0.5, 0.6) is 17.2 Å². The third kappa shape index (κ3) is 5.21. The van der Waals surface area contributed by atoms with Crippen LogP contribution in [0.2, 0.25) is 5.02 Å². The van der Waals surface area contributed by atoms with Crippen molar-refractivity contribution in [3.63, 3.8) is 0 Å². The number of benzene rings is 2. The maximum Gasteiger partial charge on any atom is 0.397 e. The zero-order chi connectivity index (χ0) is 21.8. The molecule has 2 aromatic carbocycles. The van der Waals surface area contributed by atoms with Crippen LogP contribution in [0.15, 0.2) is 30.3 Å². The molecule has 1 aliphatic carbocycles. The van der Waals surface area contributed by atoms with Crippen LogP contribution < -0.4 is 15.4 Å². The Morgan fingerprint density at radius 2 is 1.93 bits per heavy atom. The lowest BCUT2D eigenvalue weighted by molar-refractivity contribution is -0.152. The van der Waals surface area contributed by atoms with Gasteiger partial charge in [0.05, 0.1) is 17.2 Å². The third-order valence-electron chi connectivity index (χ3n) is 4.29. The maximum atomic E-state index is 12.3. The molecule has 0 atom stereocenters. The lowest BCUT2D eigenvalue weighted by atomic mass is 10.1. The molecular weight excluding hydrogens is 412 g/mol. The molecule has 2 amide bonds. The van der Waals surface area contributed by atoms with Gasteiger partial charge in [-0.15, -0.1) is 0 Å². The molecule has 3 N–H and O–H groups in total. The van der Waals surface area contributed by atoms with E-state index < -0.39 is 11.9 Å². The first-order valence-corrected chi connectivity index (χ1v) is 9.76. The fraction of sp³-hybridized carbons (Fsp3) is 0.286. The molecule has 3 rings (SSSR count). The molecule has 30 heavy (non-hydrogen) atoms. The second-order valence-corrected chi connectivity index (χ2v) is 7.21. The second kappa shape index (κ2) is 9.04. The van der Waals surface area contributed by atoms with Gasteiger partial charge < -0.3 is 25.2 Å². The maximum absolute atomic E-state index is 12.3. The third-order valence-corrected chi connectivity index (χ3v) is 4.57. The molecule has 158 valence electrons. The average molecular weight is 433 g/mol. The first kappa shape index (κ1) is 21.4. The highest BCUT2D eigenvalue weighted by Gasteiger charge is 2.25. The summed E-state index contributed by atoms with van der Waals surface area (Å²) in [6.07, 6.45) is 1.85. The number of hydrogen-bond donors (Lipinski definition) is 3. The number of amides is 2. The van der Waals surface area contributed by atoms with Gasteiger partial charge in [-0.25, -0.2) is 4.79 Å². The number of ether oxygens (including phenoxy) is 2. The molecule has 8 nitrogen and oxygen atoms in total. The molecule has 0 saturated heterocycles. The standard InChI is InChI=1S/C21H21ClN2O6/c1-3-29-21(28)20(27)24-13-8-11(2)18(16(22)9-13)30-14-6-7-17(25)15(10-14)19(26)23-12-4-5-12/h6-10,12,25H,3-5H2,1-2H3,(H,23,26)(H,24,27). The number of esters is 1. The molecule has 9 heteroatoms. The van der Waals surface area contributed by atoms with Crippen LogP contribution in [-0.2, 0) is 14.3 Å². The van der Waals surface area contributed by atoms with E-state index >= 15 is 0 Å². The second-order valence-electron chi connectivity index (χ2n) is 6.81. The molecule has 1 fully saturated rings. The quantitative estimate of drug-likeness (QED) is 0.475. The normalized spacial score (nSPS) is 12.8. The van der Waals surface area contributed by atoms with Crippen molar-refractivity contribution in [1.82, 2.24) is 5.32 Å². The summed E-state index contributed by atoms with van der Waals surface area (Å²) >= 11 is 6.30. The Morgan fingerprint density at radius 3 is 2.57 bits per heavy atom. The summed E-state index contributed by atoms with van der Waals surface area (Å²) in [7, 11) is 0. The van der Waals surface area contributed by atoms with Gasteiger partial charge in [0.1, 0.15) is 17.2 Å². The highest BCUT2D eigenvalue weighted by molar-refractivity contribution is 6.37. The van der Waals surface area contributed by atoms with Crippen LogP contribution in [0.3, 0.4) is 0 Å². The number of hydrogen-bond acceptors (Lipinski definition) is 6. The lowest BCUT2D eigenvalue weighted by Crippen LogP contribution is -2.25. The highest BCUT2D eigenvalue weighted by Crippen LogP contribution is 2.36. The fourth-order valence-electron chi connectivity index (χ4n) is 2.68. The van der Waals surface area contributed by atoms with E-state index in [1.165, 1.54) is 24.3 Å². The largest absolute Gasteiger partial charge is 0.507 e. The minimum atomic E-state index is -0.993. The molecule has 0 aromatic heterocycles. The molecule has 0 radical (unpaired) electrons. The van der Waals surface area contributed by atoms with E-state index in [1.807, 2.05) is 0 Å². The van der Waals surface area contributed by atoms with E-state index in [9.17, 15) is 19.5 Å². The van der Waals surface area contributed by atoms with Crippen LogP contribution in [0.4, 0.5) is 5.69 Å². The van der Waals surface area contributed by atoms with Gasteiger partial charge in [-0.05, 0) is 62.6 Å². The summed E-state index contributed by atoms with van der Waals surface area (Å²) in [5.41, 5.74) is 0.989. The van der Waals surface area contributed by atoms with Gasteiger partial charge in [-0.3, -0.25) is 9.59 Å². The fourth-order valence-corrected chi connectivity index (χ4v) is 2.99. The number of nitrogens with one attached hydrogen (secondary N) is 2. The van der Waals surface area contributed by atoms with Gasteiger partial charge in [0.25, 0.3) is 5.91 Å². The molecule has 0 unspecified atom stereocenters. The number of aromatic hydroxyl groups is 1. The average Bonchev–Trinajstić information content (AvgIpc) is 3.50. The summed E-state index contributed by atoms with van der Waals surface area (Å²) in [5.74, 6) is -1.81. The Hall–Kier alpha value is -3.26. The van der Waals surface area contributed by atoms with Crippen molar-refractivity contribution in [3.8, 4) is 17.2 Å². The summed E-state index contributed by atoms with van der Waals surface area (Å²) in [6.45, 7) is 3.40. The smallest absolute Gasteiger partial charge is 0.397 e. The summed E-state index contributed by atoms with van der Waals surface area (Å²) < 4.78 is 10.5. The van der Waals surface area contributed by atoms with Crippen LogP contribution >= 0.6 is 11.6 Å². The minimum Gasteiger partial charge on any atom is -0.507 e. The van der Waals surface area contributed by atoms with Crippen molar-refractivity contribution in [2.45, 2.75) is 32.7 Å². The Labute approximate surface area is 178 Å². The van der Waals surface area contributed by atoms with Gasteiger partial charge in [0.2, 0.25) is 0 Å². The van der Waals surface area contributed by atoms with Gasteiger partial charge in [0.15, 0.2) is 0 Å². The summed E-state index contributed by atoms with van der Waals surface area (Å²) in [6, 6.07) is 7.47. The van der Waals surface area contributed by atoms with Crippen LogP contribution in [-0.4, -0.2) is 35.5 Å². The number of phenolic OH excluding ortho intramolecular Hbond substituents is 1. The van der Waals surface area contributed by atoms with Crippen molar-refractivity contribution in [1.29, 1.82) is 0 Å². The van der Waals surface area contributed by atoms with E-state index in [1.54, 1.807) is 19.9 Å². The molecule has 0 bridgehead atoms. The molecule has 1 aliphatic rings. The zero-order valence-corrected chi connectivity index (χ0v) is 17.2. The highest BCUT2D eigenvalue weighted by atomic mass is 35.5. The Bertz CT molecular complexity index is 980. The predicted octanol–water partition coefficient (Wildman–Crippen LogP) is 3.54. The topological polar surface area (TPSA) is 114 Å². The summed E-state index contributed by atoms with van der Waals surface area (Å²) in [5, 5.41) is 15.4. The molecule has 1 saturated carbocycles. The number of phenols is 1. The van der Waals surface area contributed by atoms with Crippen LogP contribution in [0.25, 0.3) is 0 Å².